The van der Waals surface area contributed by atoms with Crippen LogP contribution in [-0.2, 0) is 4.74 Å². The maximum atomic E-state index is 13.5. The number of aliphatic hydroxyl groups excluding tert-OH is 1. The smallest absolute Gasteiger partial charge is 0.126 e. The van der Waals surface area contributed by atoms with Crippen molar-refractivity contribution >= 4 is 0 Å². The molecule has 0 saturated heterocycles. The summed E-state index contributed by atoms with van der Waals surface area (Å²) in [5.41, 5.74) is 1.26. The fourth-order valence-corrected chi connectivity index (χ4v) is 2.19. The Morgan fingerprint density at radius 2 is 2.14 bits per heavy atom. The van der Waals surface area contributed by atoms with Crippen LogP contribution < -0.4 is 0 Å². The summed E-state index contributed by atoms with van der Waals surface area (Å²) in [6, 6.07) is 4.93. The van der Waals surface area contributed by atoms with Gasteiger partial charge in [-0.15, -0.1) is 0 Å². The Morgan fingerprint density at radius 1 is 1.38 bits per heavy atom. The van der Waals surface area contributed by atoms with Crippen molar-refractivity contribution in [1.29, 1.82) is 0 Å². The molecule has 1 aliphatic rings. The quantitative estimate of drug-likeness (QED) is 0.711. The van der Waals surface area contributed by atoms with E-state index < -0.39 is 6.10 Å². The second-order valence-corrected chi connectivity index (χ2v) is 6.13. The standard InChI is InChI=1S/C17H26FNO2/c1-13-3-6-15(11-16(13)18)17(20)7-8-19(2)9-10-21-12-14-4-5-14/h3,6,11,14,17,20H,4-5,7-10,12H2,1-2H3. The Bertz CT molecular complexity index is 448. The molecule has 3 nitrogen and oxygen atoms in total. The fourth-order valence-electron chi connectivity index (χ4n) is 2.19. The molecule has 0 aromatic heterocycles. The van der Waals surface area contributed by atoms with Crippen LogP contribution in [0.4, 0.5) is 4.39 Å². The Balaban J connectivity index is 1.64. The Hall–Kier alpha value is -0.970. The van der Waals surface area contributed by atoms with Crippen molar-refractivity contribution in [2.24, 2.45) is 5.92 Å². The molecule has 0 aliphatic heterocycles. The normalized spacial score (nSPS) is 16.4. The van der Waals surface area contributed by atoms with Gasteiger partial charge in [-0.25, -0.2) is 4.39 Å². The second-order valence-electron chi connectivity index (χ2n) is 6.13. The SMILES string of the molecule is Cc1ccc(C(O)CCN(C)CCOCC2CC2)cc1F. The summed E-state index contributed by atoms with van der Waals surface area (Å²) in [5, 5.41) is 10.1. The lowest BCUT2D eigenvalue weighted by atomic mass is 10.0. The number of benzene rings is 1. The van der Waals surface area contributed by atoms with Crippen molar-refractivity contribution < 1.29 is 14.2 Å². The zero-order chi connectivity index (χ0) is 15.2. The van der Waals surface area contributed by atoms with Gasteiger partial charge >= 0.3 is 0 Å². The van der Waals surface area contributed by atoms with E-state index >= 15 is 0 Å². The zero-order valence-corrected chi connectivity index (χ0v) is 13.0. The van der Waals surface area contributed by atoms with E-state index in [9.17, 15) is 9.50 Å². The van der Waals surface area contributed by atoms with Crippen LogP contribution in [0.15, 0.2) is 18.2 Å². The molecule has 1 saturated carbocycles. The largest absolute Gasteiger partial charge is 0.388 e. The number of halogens is 1. The van der Waals surface area contributed by atoms with E-state index in [4.69, 9.17) is 4.74 Å². The summed E-state index contributed by atoms with van der Waals surface area (Å²) in [5.74, 6) is 0.543. The highest BCUT2D eigenvalue weighted by Crippen LogP contribution is 2.28. The predicted molar refractivity (Wildman–Crippen MR) is 81.8 cm³/mol. The predicted octanol–water partition coefficient (Wildman–Crippen LogP) is 2.92. The third-order valence-corrected chi connectivity index (χ3v) is 4.03. The lowest BCUT2D eigenvalue weighted by Gasteiger charge is -2.19. The Kier molecular flexibility index (Phi) is 6.15. The van der Waals surface area contributed by atoms with Crippen molar-refractivity contribution in [2.45, 2.75) is 32.3 Å². The summed E-state index contributed by atoms with van der Waals surface area (Å²) in [6.07, 6.45) is 2.61. The minimum atomic E-state index is -0.616. The average molecular weight is 295 g/mol. The molecule has 0 bridgehead atoms. The lowest BCUT2D eigenvalue weighted by molar-refractivity contribution is 0.0947. The summed E-state index contributed by atoms with van der Waals surface area (Å²) in [6.45, 7) is 4.98. The van der Waals surface area contributed by atoms with Gasteiger partial charge in [0, 0.05) is 19.7 Å². The van der Waals surface area contributed by atoms with Crippen molar-refractivity contribution in [3.63, 3.8) is 0 Å². The summed E-state index contributed by atoms with van der Waals surface area (Å²) >= 11 is 0. The van der Waals surface area contributed by atoms with Crippen LogP contribution >= 0.6 is 0 Å². The number of hydrogen-bond donors (Lipinski definition) is 1. The van der Waals surface area contributed by atoms with Crippen LogP contribution in [0.3, 0.4) is 0 Å². The summed E-state index contributed by atoms with van der Waals surface area (Å²) in [4.78, 5) is 2.14. The van der Waals surface area contributed by atoms with Gasteiger partial charge in [0.15, 0.2) is 0 Å². The van der Waals surface area contributed by atoms with E-state index in [1.165, 1.54) is 18.9 Å². The average Bonchev–Trinajstić information content (AvgIpc) is 3.28. The first-order chi connectivity index (χ1) is 10.1. The maximum absolute atomic E-state index is 13.5. The number of aliphatic hydroxyl groups is 1. The minimum absolute atomic E-state index is 0.256. The van der Waals surface area contributed by atoms with Crippen LogP contribution in [-0.4, -0.2) is 43.4 Å². The van der Waals surface area contributed by atoms with Crippen LogP contribution in [0.5, 0.6) is 0 Å². The van der Waals surface area contributed by atoms with Gasteiger partial charge in [-0.2, -0.15) is 0 Å². The first kappa shape index (κ1) is 16.4. The highest BCUT2D eigenvalue weighted by atomic mass is 19.1. The lowest BCUT2D eigenvalue weighted by Crippen LogP contribution is -2.25. The topological polar surface area (TPSA) is 32.7 Å². The van der Waals surface area contributed by atoms with E-state index in [0.717, 1.165) is 32.2 Å². The van der Waals surface area contributed by atoms with Gasteiger partial charge in [0.1, 0.15) is 5.82 Å². The second kappa shape index (κ2) is 7.87. The molecule has 1 N–H and O–H groups in total. The van der Waals surface area contributed by atoms with Gasteiger partial charge in [-0.05, 0) is 56.3 Å². The molecule has 0 radical (unpaired) electrons. The summed E-state index contributed by atoms with van der Waals surface area (Å²) < 4.78 is 19.1. The first-order valence-corrected chi connectivity index (χ1v) is 7.76. The van der Waals surface area contributed by atoms with Gasteiger partial charge in [0.05, 0.1) is 12.7 Å². The minimum Gasteiger partial charge on any atom is -0.388 e. The number of hydrogen-bond acceptors (Lipinski definition) is 3. The molecule has 2 rings (SSSR count). The van der Waals surface area contributed by atoms with E-state index in [2.05, 4.69) is 4.90 Å². The number of ether oxygens (including phenoxy) is 1. The third-order valence-electron chi connectivity index (χ3n) is 4.03. The van der Waals surface area contributed by atoms with Crippen molar-refractivity contribution in [3.8, 4) is 0 Å². The van der Waals surface area contributed by atoms with Gasteiger partial charge in [0.2, 0.25) is 0 Å². The van der Waals surface area contributed by atoms with Crippen molar-refractivity contribution in [2.75, 3.05) is 33.4 Å². The molecule has 1 unspecified atom stereocenters. The van der Waals surface area contributed by atoms with Gasteiger partial charge < -0.3 is 14.7 Å². The third kappa shape index (κ3) is 5.73. The van der Waals surface area contributed by atoms with Crippen LogP contribution in [0.25, 0.3) is 0 Å². The summed E-state index contributed by atoms with van der Waals surface area (Å²) in [7, 11) is 2.02. The number of aryl methyl sites for hydroxylation is 1. The van der Waals surface area contributed by atoms with E-state index in [-0.39, 0.29) is 5.82 Å². The maximum Gasteiger partial charge on any atom is 0.126 e. The molecule has 4 heteroatoms. The molecule has 21 heavy (non-hydrogen) atoms. The van der Waals surface area contributed by atoms with Crippen LogP contribution in [0.2, 0.25) is 0 Å². The van der Waals surface area contributed by atoms with Crippen LogP contribution in [0.1, 0.15) is 36.5 Å². The molecular formula is C17H26FNO2. The molecule has 1 aromatic carbocycles. The van der Waals surface area contributed by atoms with E-state index in [1.54, 1.807) is 19.1 Å². The fraction of sp³-hybridized carbons (Fsp3) is 0.647. The highest BCUT2D eigenvalue weighted by molar-refractivity contribution is 5.24. The monoisotopic (exact) mass is 295 g/mol. The molecule has 0 amide bonds. The molecule has 0 spiro atoms. The molecule has 1 fully saturated rings. The molecule has 118 valence electrons. The molecule has 0 heterocycles. The van der Waals surface area contributed by atoms with Gasteiger partial charge in [-0.1, -0.05) is 12.1 Å². The van der Waals surface area contributed by atoms with Crippen molar-refractivity contribution in [3.05, 3.63) is 35.1 Å². The Labute approximate surface area is 126 Å². The van der Waals surface area contributed by atoms with Crippen LogP contribution in [0, 0.1) is 18.7 Å². The Morgan fingerprint density at radius 3 is 2.81 bits per heavy atom. The van der Waals surface area contributed by atoms with E-state index in [0.29, 0.717) is 17.5 Å². The van der Waals surface area contributed by atoms with Gasteiger partial charge in [0.25, 0.3) is 0 Å². The zero-order valence-electron chi connectivity index (χ0n) is 13.0. The highest BCUT2D eigenvalue weighted by Gasteiger charge is 2.21. The molecule has 1 atom stereocenters. The number of nitrogens with zero attached hydrogens (tertiary/aromatic N) is 1. The molecular weight excluding hydrogens is 269 g/mol. The molecule has 1 aliphatic carbocycles. The van der Waals surface area contributed by atoms with Gasteiger partial charge in [-0.3, -0.25) is 0 Å². The van der Waals surface area contributed by atoms with Crippen molar-refractivity contribution in [1.82, 2.24) is 4.90 Å². The first-order valence-electron chi connectivity index (χ1n) is 7.76. The van der Waals surface area contributed by atoms with E-state index in [1.807, 2.05) is 7.05 Å². The number of rotatable bonds is 9. The number of likely N-dealkylation sites (N-methyl/N-ethyl adjacent to an activating group) is 1. The molecule has 1 aromatic rings.